The fourth-order valence-corrected chi connectivity index (χ4v) is 6.96. The molecule has 6 fully saturated rings. The molecule has 0 radical (unpaired) electrons. The van der Waals surface area contributed by atoms with E-state index in [0.29, 0.717) is 24.2 Å². The number of nitrogens with two attached hydrogens (primary N) is 1. The van der Waals surface area contributed by atoms with Crippen molar-refractivity contribution in [2.24, 2.45) is 28.9 Å². The number of hydrogen-bond donors (Lipinski definition) is 2. The van der Waals surface area contributed by atoms with Gasteiger partial charge in [0.25, 0.3) is 0 Å². The molecule has 5 nitrogen and oxygen atoms in total. The molecule has 1 amide bonds. The first-order valence-electron chi connectivity index (χ1n) is 9.13. The molecule has 0 aromatic carbocycles. The van der Waals surface area contributed by atoms with E-state index in [1.54, 1.807) is 4.90 Å². The fourth-order valence-electron chi connectivity index (χ4n) is 6.96. The average molecular weight is 352 g/mol. The zero-order valence-corrected chi connectivity index (χ0v) is 14.7. The number of nitriles is 1. The summed E-state index contributed by atoms with van der Waals surface area (Å²) in [4.78, 5) is 14.9. The third-order valence-electron chi connectivity index (χ3n) is 7.51. The summed E-state index contributed by atoms with van der Waals surface area (Å²) in [7, 11) is 0. The molecular weight excluding hydrogens is 326 g/mol. The summed E-state index contributed by atoms with van der Waals surface area (Å²) in [5, 5.41) is 20.2. The van der Waals surface area contributed by atoms with Crippen molar-refractivity contribution in [2.45, 2.75) is 75.1 Å². The Kier molecular flexibility index (Phi) is 3.53. The molecule has 2 unspecified atom stereocenters. The van der Waals surface area contributed by atoms with E-state index in [0.717, 1.165) is 38.5 Å². The topological polar surface area (TPSA) is 90.4 Å². The number of nitrogens with zero attached hydrogens (tertiary/aromatic N) is 2. The molecule has 5 aliphatic carbocycles. The molecule has 1 saturated heterocycles. The van der Waals surface area contributed by atoms with Gasteiger partial charge in [-0.25, -0.2) is 0 Å². The summed E-state index contributed by atoms with van der Waals surface area (Å²) in [6.07, 6.45) is 7.48. The summed E-state index contributed by atoms with van der Waals surface area (Å²) in [5.41, 5.74) is 5.71. The van der Waals surface area contributed by atoms with Gasteiger partial charge in [0.2, 0.25) is 5.91 Å². The Labute approximate surface area is 149 Å². The standard InChI is InChI=1S/C18H25N3O2.ClH/c19-8-13-2-12-3-14(12)21(13)16(22)15(20)17-4-10-1-11(5-17)7-18(23,6-10)9-17;/h10-15,23H,1-7,9,20H2;1H/t10?,11?,12-,13-,14-,15+,17?,18?;/m0./s1. The number of likely N-dealkylation sites (tertiary alicyclic amines) is 1. The number of halogens is 1. The third kappa shape index (κ3) is 2.16. The van der Waals surface area contributed by atoms with Crippen molar-refractivity contribution in [3.8, 4) is 6.07 Å². The van der Waals surface area contributed by atoms with Crippen LogP contribution in [0.1, 0.15) is 51.4 Å². The Hall–Kier alpha value is -0.830. The third-order valence-corrected chi connectivity index (χ3v) is 7.51. The van der Waals surface area contributed by atoms with Gasteiger partial charge in [-0.05, 0) is 74.5 Å². The molecule has 6 heteroatoms. The molecule has 0 spiro atoms. The summed E-state index contributed by atoms with van der Waals surface area (Å²) >= 11 is 0. The molecule has 132 valence electrons. The number of carbonyl (C=O) groups is 1. The van der Waals surface area contributed by atoms with E-state index in [2.05, 4.69) is 6.07 Å². The largest absolute Gasteiger partial charge is 0.390 e. The van der Waals surface area contributed by atoms with Crippen molar-refractivity contribution < 1.29 is 9.90 Å². The van der Waals surface area contributed by atoms with E-state index >= 15 is 0 Å². The van der Waals surface area contributed by atoms with Crippen LogP contribution in [-0.4, -0.2) is 39.6 Å². The number of aliphatic hydroxyl groups is 1. The molecule has 3 N–H and O–H groups in total. The maximum atomic E-state index is 13.1. The number of carbonyl (C=O) groups excluding carboxylic acids is 1. The highest BCUT2D eigenvalue weighted by Crippen LogP contribution is 2.63. The monoisotopic (exact) mass is 351 g/mol. The molecule has 6 aliphatic rings. The van der Waals surface area contributed by atoms with E-state index in [1.165, 1.54) is 6.42 Å². The van der Waals surface area contributed by atoms with Crippen LogP contribution in [0, 0.1) is 34.5 Å². The Bertz CT molecular complexity index is 604. The Morgan fingerprint density at radius 2 is 1.88 bits per heavy atom. The smallest absolute Gasteiger partial charge is 0.241 e. The summed E-state index contributed by atoms with van der Waals surface area (Å²) < 4.78 is 0. The maximum absolute atomic E-state index is 13.1. The minimum atomic E-state index is -0.594. The summed E-state index contributed by atoms with van der Waals surface area (Å²) in [6, 6.07) is 1.72. The molecular formula is C18H26ClN3O2. The normalized spacial score (nSPS) is 51.5. The van der Waals surface area contributed by atoms with Crippen molar-refractivity contribution in [1.82, 2.24) is 4.90 Å². The van der Waals surface area contributed by atoms with Gasteiger partial charge in [-0.15, -0.1) is 12.4 Å². The van der Waals surface area contributed by atoms with Crippen molar-refractivity contribution in [2.75, 3.05) is 0 Å². The van der Waals surface area contributed by atoms with Crippen molar-refractivity contribution >= 4 is 18.3 Å². The molecule has 24 heavy (non-hydrogen) atoms. The lowest BCUT2D eigenvalue weighted by atomic mass is 9.46. The van der Waals surface area contributed by atoms with Crippen LogP contribution in [0.5, 0.6) is 0 Å². The van der Waals surface area contributed by atoms with Crippen LogP contribution in [0.4, 0.5) is 0 Å². The Morgan fingerprint density at radius 1 is 1.21 bits per heavy atom. The lowest BCUT2D eigenvalue weighted by molar-refractivity contribution is -0.177. The SMILES string of the molecule is Cl.N#C[C@@H]1C[C@H]2C[C@@H]2N1C(=O)[C@@H](N)C12CC3CC(CC(O)(C3)C1)C2. The predicted octanol–water partition coefficient (Wildman–Crippen LogP) is 1.58. The van der Waals surface area contributed by atoms with E-state index < -0.39 is 11.6 Å². The van der Waals surface area contributed by atoms with Gasteiger partial charge in [-0.2, -0.15) is 5.26 Å². The van der Waals surface area contributed by atoms with Gasteiger partial charge in [0, 0.05) is 6.04 Å². The second-order valence-electron chi connectivity index (χ2n) is 9.21. The fraction of sp³-hybridized carbons (Fsp3) is 0.889. The average Bonchev–Trinajstić information content (AvgIpc) is 3.14. The van der Waals surface area contributed by atoms with E-state index in [-0.39, 0.29) is 35.8 Å². The number of piperidine rings is 1. The van der Waals surface area contributed by atoms with Gasteiger partial charge in [0.15, 0.2) is 0 Å². The molecule has 0 aromatic heterocycles. The second-order valence-corrected chi connectivity index (χ2v) is 9.21. The molecule has 1 aliphatic heterocycles. The molecule has 6 atom stereocenters. The Morgan fingerprint density at radius 3 is 2.46 bits per heavy atom. The maximum Gasteiger partial charge on any atom is 0.241 e. The van der Waals surface area contributed by atoms with E-state index in [4.69, 9.17) is 5.73 Å². The van der Waals surface area contributed by atoms with Crippen molar-refractivity contribution in [3.05, 3.63) is 0 Å². The van der Waals surface area contributed by atoms with Crippen LogP contribution in [-0.2, 0) is 4.79 Å². The van der Waals surface area contributed by atoms with Crippen LogP contribution in [0.25, 0.3) is 0 Å². The lowest BCUT2D eigenvalue weighted by Gasteiger charge is -2.61. The van der Waals surface area contributed by atoms with Gasteiger partial charge in [-0.1, -0.05) is 0 Å². The molecule has 1 heterocycles. The van der Waals surface area contributed by atoms with Crippen LogP contribution in [0.2, 0.25) is 0 Å². The zero-order valence-electron chi connectivity index (χ0n) is 13.9. The van der Waals surface area contributed by atoms with Crippen molar-refractivity contribution in [3.63, 3.8) is 0 Å². The summed E-state index contributed by atoms with van der Waals surface area (Å²) in [5.74, 6) is 1.56. The lowest BCUT2D eigenvalue weighted by Crippen LogP contribution is -2.64. The van der Waals surface area contributed by atoms with E-state index in [1.807, 2.05) is 0 Å². The number of rotatable bonds is 2. The van der Waals surface area contributed by atoms with Gasteiger partial charge >= 0.3 is 0 Å². The first-order chi connectivity index (χ1) is 10.9. The molecule has 5 saturated carbocycles. The van der Waals surface area contributed by atoms with Gasteiger partial charge < -0.3 is 15.7 Å². The summed E-state index contributed by atoms with van der Waals surface area (Å²) in [6.45, 7) is 0. The van der Waals surface area contributed by atoms with Crippen molar-refractivity contribution in [1.29, 1.82) is 5.26 Å². The highest BCUT2D eigenvalue weighted by molar-refractivity contribution is 5.85. The number of hydrogen-bond acceptors (Lipinski definition) is 4. The minimum absolute atomic E-state index is 0. The van der Waals surface area contributed by atoms with Gasteiger partial charge in [0.1, 0.15) is 6.04 Å². The van der Waals surface area contributed by atoms with Gasteiger partial charge in [0.05, 0.1) is 17.7 Å². The van der Waals surface area contributed by atoms with Crippen LogP contribution in [0.3, 0.4) is 0 Å². The first kappa shape index (κ1) is 16.6. The number of amides is 1. The molecule has 0 aromatic rings. The predicted molar refractivity (Wildman–Crippen MR) is 90.0 cm³/mol. The quantitative estimate of drug-likeness (QED) is 0.790. The minimum Gasteiger partial charge on any atom is -0.390 e. The Balaban J connectivity index is 0.00000146. The zero-order chi connectivity index (χ0) is 16.0. The van der Waals surface area contributed by atoms with Crippen LogP contribution in [0.15, 0.2) is 0 Å². The van der Waals surface area contributed by atoms with Crippen LogP contribution < -0.4 is 5.73 Å². The van der Waals surface area contributed by atoms with E-state index in [9.17, 15) is 15.2 Å². The molecule has 4 bridgehead atoms. The highest BCUT2D eigenvalue weighted by atomic mass is 35.5. The van der Waals surface area contributed by atoms with Crippen LogP contribution >= 0.6 is 12.4 Å². The second kappa shape index (κ2) is 5.09. The molecule has 6 rings (SSSR count). The highest BCUT2D eigenvalue weighted by Gasteiger charge is 2.62. The number of fused-ring (bicyclic) bond motifs is 1. The first-order valence-corrected chi connectivity index (χ1v) is 9.13. The van der Waals surface area contributed by atoms with Gasteiger partial charge in [-0.3, -0.25) is 4.79 Å².